The Morgan fingerprint density at radius 1 is 1.00 bits per heavy atom. The van der Waals surface area contributed by atoms with Crippen molar-refractivity contribution < 1.29 is 36.9 Å². The van der Waals surface area contributed by atoms with Crippen LogP contribution in [0.4, 0.5) is 17.6 Å². The molecule has 1 atom stereocenters. The minimum Gasteiger partial charge on any atom is -0.478 e. The molecule has 1 aliphatic heterocycles. The number of carboxylic acids is 1. The third kappa shape index (κ3) is 5.77. The predicted octanol–water partition coefficient (Wildman–Crippen LogP) is 6.99. The number of imidazole rings is 1. The Balaban J connectivity index is 1.32. The van der Waals surface area contributed by atoms with E-state index in [9.17, 15) is 18.7 Å². The predicted molar refractivity (Wildman–Crippen MR) is 158 cm³/mol. The number of nitriles is 1. The molecule has 1 aliphatic rings. The number of aromatic nitrogens is 3. The Morgan fingerprint density at radius 2 is 1.78 bits per heavy atom. The van der Waals surface area contributed by atoms with Gasteiger partial charge < -0.3 is 19.1 Å². The summed E-state index contributed by atoms with van der Waals surface area (Å²) in [6.45, 7) is 4.37. The van der Waals surface area contributed by atoms with E-state index in [0.717, 1.165) is 24.3 Å². The van der Waals surface area contributed by atoms with Crippen molar-refractivity contribution in [2.75, 3.05) is 13.2 Å². The standard InChI is InChI=1S/C34H26F4N4O4/c1-34(2)17-45-16-30(34)42-29-11-19(33(43)44)5-7-28(29)40-31(42)12-21-10-26(38)22(13-25(21)37)27-8-6-23(35)32(41-27)46-15-20-4-3-18(14-39)9-24(20)36/h3-11,13,30H,12,15-17H2,1-2H3,(H,43,44)/t30-/m1/s1. The smallest absolute Gasteiger partial charge is 0.335 e. The summed E-state index contributed by atoms with van der Waals surface area (Å²) in [5, 5.41) is 18.5. The van der Waals surface area contributed by atoms with Gasteiger partial charge in [-0.25, -0.2) is 32.3 Å². The van der Waals surface area contributed by atoms with Crippen LogP contribution >= 0.6 is 0 Å². The molecule has 12 heteroatoms. The van der Waals surface area contributed by atoms with Crippen molar-refractivity contribution in [2.45, 2.75) is 32.9 Å². The first-order chi connectivity index (χ1) is 21.9. The van der Waals surface area contributed by atoms with Crippen LogP contribution in [0.3, 0.4) is 0 Å². The number of nitrogens with zero attached hydrogens (tertiary/aromatic N) is 4. The second-order valence-electron chi connectivity index (χ2n) is 11.7. The lowest BCUT2D eigenvalue weighted by molar-refractivity contribution is 0.0697. The van der Waals surface area contributed by atoms with E-state index in [1.807, 2.05) is 24.5 Å². The Bertz CT molecular complexity index is 2050. The van der Waals surface area contributed by atoms with Crippen molar-refractivity contribution in [3.8, 4) is 23.2 Å². The van der Waals surface area contributed by atoms with Gasteiger partial charge >= 0.3 is 5.97 Å². The maximum absolute atomic E-state index is 15.6. The maximum Gasteiger partial charge on any atom is 0.335 e. The van der Waals surface area contributed by atoms with Crippen molar-refractivity contribution in [2.24, 2.45) is 5.41 Å². The summed E-state index contributed by atoms with van der Waals surface area (Å²) in [5.74, 6) is -4.46. The SMILES string of the molecule is CC1(C)COC[C@H]1n1c(Cc2cc(F)c(-c3ccc(F)c(OCc4ccc(C#N)cc4F)n3)cc2F)nc2ccc(C(=O)O)cc21. The third-order valence-corrected chi connectivity index (χ3v) is 8.09. The Kier molecular flexibility index (Phi) is 7.96. The Labute approximate surface area is 260 Å². The van der Waals surface area contributed by atoms with Gasteiger partial charge in [0.05, 0.1) is 53.2 Å². The van der Waals surface area contributed by atoms with Gasteiger partial charge in [-0.3, -0.25) is 0 Å². The summed E-state index contributed by atoms with van der Waals surface area (Å²) in [7, 11) is 0. The molecule has 46 heavy (non-hydrogen) atoms. The number of hydrogen-bond donors (Lipinski definition) is 1. The monoisotopic (exact) mass is 630 g/mol. The van der Waals surface area contributed by atoms with E-state index in [-0.39, 0.29) is 51.4 Å². The molecule has 0 radical (unpaired) electrons. The molecule has 3 aromatic carbocycles. The van der Waals surface area contributed by atoms with Gasteiger partial charge in [0.2, 0.25) is 0 Å². The van der Waals surface area contributed by atoms with Crippen molar-refractivity contribution in [3.63, 3.8) is 0 Å². The van der Waals surface area contributed by atoms with Crippen LogP contribution in [0.2, 0.25) is 0 Å². The van der Waals surface area contributed by atoms with Crippen LogP contribution in [0.1, 0.15) is 52.8 Å². The fraction of sp³-hybridized carbons (Fsp3) is 0.235. The van der Waals surface area contributed by atoms with Gasteiger partial charge in [0.15, 0.2) is 5.82 Å². The van der Waals surface area contributed by atoms with E-state index >= 15 is 8.78 Å². The lowest BCUT2D eigenvalue weighted by Gasteiger charge is -2.28. The van der Waals surface area contributed by atoms with E-state index in [4.69, 9.17) is 14.7 Å². The molecule has 0 saturated carbocycles. The van der Waals surface area contributed by atoms with Crippen molar-refractivity contribution in [3.05, 3.63) is 112 Å². The van der Waals surface area contributed by atoms with Gasteiger partial charge in [-0.2, -0.15) is 5.26 Å². The second-order valence-corrected chi connectivity index (χ2v) is 11.7. The molecule has 234 valence electrons. The van der Waals surface area contributed by atoms with Gasteiger partial charge in [-0.05, 0) is 60.2 Å². The fourth-order valence-electron chi connectivity index (χ4n) is 5.57. The van der Waals surface area contributed by atoms with E-state index < -0.39 is 41.7 Å². The van der Waals surface area contributed by atoms with Crippen LogP contribution in [0.15, 0.2) is 60.7 Å². The third-order valence-electron chi connectivity index (χ3n) is 8.09. The number of pyridine rings is 1. The molecule has 6 rings (SSSR count). The number of benzene rings is 3. The molecule has 5 aromatic rings. The number of rotatable bonds is 8. The normalized spacial score (nSPS) is 15.6. The van der Waals surface area contributed by atoms with Gasteiger partial charge in [-0.1, -0.05) is 19.9 Å². The largest absolute Gasteiger partial charge is 0.478 e. The summed E-state index contributed by atoms with van der Waals surface area (Å²) < 4.78 is 72.9. The molecule has 2 aromatic heterocycles. The van der Waals surface area contributed by atoms with Crippen LogP contribution in [-0.2, 0) is 17.8 Å². The van der Waals surface area contributed by atoms with E-state index in [2.05, 4.69) is 9.97 Å². The minimum atomic E-state index is -1.11. The first-order valence-corrected chi connectivity index (χ1v) is 14.2. The van der Waals surface area contributed by atoms with Gasteiger partial charge in [0.1, 0.15) is 29.9 Å². The minimum absolute atomic E-state index is 0.0112. The summed E-state index contributed by atoms with van der Waals surface area (Å²) in [6, 6.07) is 13.9. The van der Waals surface area contributed by atoms with Gasteiger partial charge in [-0.15, -0.1) is 0 Å². The summed E-state index contributed by atoms with van der Waals surface area (Å²) in [5.41, 5.74) is 0.537. The first kappa shape index (κ1) is 30.7. The zero-order chi connectivity index (χ0) is 32.7. The molecule has 1 N–H and O–H groups in total. The zero-order valence-electron chi connectivity index (χ0n) is 24.7. The topological polar surface area (TPSA) is 110 Å². The molecule has 0 bridgehead atoms. The summed E-state index contributed by atoms with van der Waals surface area (Å²) in [4.78, 5) is 20.4. The number of aromatic carboxylic acids is 1. The number of carbonyl (C=O) groups is 1. The lowest BCUT2D eigenvalue weighted by Crippen LogP contribution is -2.27. The average Bonchev–Trinajstić information content (AvgIpc) is 3.55. The highest BCUT2D eigenvalue weighted by Crippen LogP contribution is 2.40. The molecular formula is C34H26F4N4O4. The molecule has 1 saturated heterocycles. The first-order valence-electron chi connectivity index (χ1n) is 14.2. The number of fused-ring (bicyclic) bond motifs is 1. The van der Waals surface area contributed by atoms with Crippen LogP contribution in [0.5, 0.6) is 5.88 Å². The van der Waals surface area contributed by atoms with Crippen LogP contribution < -0.4 is 4.74 Å². The Hall–Kier alpha value is -5.28. The highest BCUT2D eigenvalue weighted by atomic mass is 19.1. The molecule has 8 nitrogen and oxygen atoms in total. The van der Waals surface area contributed by atoms with Gasteiger partial charge in [0.25, 0.3) is 5.88 Å². The van der Waals surface area contributed by atoms with Crippen LogP contribution in [-0.4, -0.2) is 38.8 Å². The molecule has 1 fully saturated rings. The number of ether oxygens (including phenoxy) is 2. The van der Waals surface area contributed by atoms with E-state index in [1.54, 1.807) is 6.07 Å². The summed E-state index contributed by atoms with van der Waals surface area (Å²) in [6.07, 6.45) is -0.117. The molecule has 0 spiro atoms. The van der Waals surface area contributed by atoms with Crippen molar-refractivity contribution in [1.82, 2.24) is 14.5 Å². The highest BCUT2D eigenvalue weighted by Gasteiger charge is 2.39. The van der Waals surface area contributed by atoms with Crippen molar-refractivity contribution in [1.29, 1.82) is 5.26 Å². The average molecular weight is 631 g/mol. The summed E-state index contributed by atoms with van der Waals surface area (Å²) >= 11 is 0. The van der Waals surface area contributed by atoms with Gasteiger partial charge in [0, 0.05) is 23.0 Å². The molecule has 0 amide bonds. The lowest BCUT2D eigenvalue weighted by atomic mass is 9.87. The second kappa shape index (κ2) is 11.9. The molecule has 0 unspecified atom stereocenters. The Morgan fingerprint density at radius 3 is 2.48 bits per heavy atom. The van der Waals surface area contributed by atoms with E-state index in [0.29, 0.717) is 30.1 Å². The number of hydrogen-bond acceptors (Lipinski definition) is 6. The quantitative estimate of drug-likeness (QED) is 0.184. The fourth-order valence-corrected chi connectivity index (χ4v) is 5.57. The van der Waals surface area contributed by atoms with E-state index in [1.165, 1.54) is 30.3 Å². The number of carboxylic acid groups (broad SMARTS) is 1. The maximum atomic E-state index is 15.6. The molecule has 0 aliphatic carbocycles. The number of halogens is 4. The molecule has 3 heterocycles. The highest BCUT2D eigenvalue weighted by molar-refractivity contribution is 5.92. The van der Waals surface area contributed by atoms with Crippen LogP contribution in [0, 0.1) is 40.0 Å². The van der Waals surface area contributed by atoms with Crippen LogP contribution in [0.25, 0.3) is 22.3 Å². The molecular weight excluding hydrogens is 604 g/mol. The van der Waals surface area contributed by atoms with Crippen molar-refractivity contribution >= 4 is 17.0 Å². The zero-order valence-corrected chi connectivity index (χ0v) is 24.7.